The minimum atomic E-state index is -3.69. The van der Waals surface area contributed by atoms with E-state index in [1.165, 1.54) is 8.61 Å². The number of carboxylic acid groups (broad SMARTS) is 1. The third kappa shape index (κ3) is 3.56. The molecule has 0 saturated carbocycles. The van der Waals surface area contributed by atoms with Gasteiger partial charge in [0.15, 0.2) is 0 Å². The number of aliphatic carboxylic acids is 1. The van der Waals surface area contributed by atoms with Crippen LogP contribution in [0.1, 0.15) is 32.1 Å². The van der Waals surface area contributed by atoms with Crippen LogP contribution < -0.4 is 0 Å². The fourth-order valence-electron chi connectivity index (χ4n) is 3.13. The van der Waals surface area contributed by atoms with Crippen LogP contribution in [0.2, 0.25) is 0 Å². The van der Waals surface area contributed by atoms with E-state index >= 15 is 0 Å². The zero-order valence-electron chi connectivity index (χ0n) is 12.7. The molecule has 8 heteroatoms. The van der Waals surface area contributed by atoms with Crippen LogP contribution in [0.5, 0.6) is 0 Å². The highest BCUT2D eigenvalue weighted by atomic mass is 32.2. The highest BCUT2D eigenvalue weighted by molar-refractivity contribution is 7.86. The molecule has 7 nitrogen and oxygen atoms in total. The maximum Gasteiger partial charge on any atom is 0.322 e. The van der Waals surface area contributed by atoms with Crippen molar-refractivity contribution in [1.29, 1.82) is 0 Å². The second-order valence-corrected chi connectivity index (χ2v) is 7.97. The summed E-state index contributed by atoms with van der Waals surface area (Å²) in [4.78, 5) is 13.4. The van der Waals surface area contributed by atoms with E-state index in [9.17, 15) is 18.3 Å². The number of carbonyl (C=O) groups is 1. The van der Waals surface area contributed by atoms with Crippen LogP contribution in [0.15, 0.2) is 0 Å². The smallest absolute Gasteiger partial charge is 0.322 e. The first kappa shape index (κ1) is 16.7. The topological polar surface area (TPSA) is 81.2 Å². The molecule has 0 aliphatic carbocycles. The minimum Gasteiger partial charge on any atom is -0.480 e. The van der Waals surface area contributed by atoms with Crippen LogP contribution in [0.3, 0.4) is 0 Å². The van der Waals surface area contributed by atoms with E-state index in [2.05, 4.69) is 0 Å². The Morgan fingerprint density at radius 2 is 1.86 bits per heavy atom. The number of hydrogen-bond donors (Lipinski definition) is 1. The second kappa shape index (κ2) is 6.60. The van der Waals surface area contributed by atoms with Crippen LogP contribution in [-0.2, 0) is 15.0 Å². The standard InChI is InChI=1S/C13H25N3O4S/c1-14(2)11-6-5-8-15(10-11)21(19,20)16-9-4-3-7-12(16)13(17)18/h11-12H,3-10H2,1-2H3,(H,17,18). The van der Waals surface area contributed by atoms with Gasteiger partial charge < -0.3 is 10.0 Å². The molecule has 2 heterocycles. The van der Waals surface area contributed by atoms with E-state index in [1.54, 1.807) is 0 Å². The zero-order chi connectivity index (χ0) is 15.6. The summed E-state index contributed by atoms with van der Waals surface area (Å²) >= 11 is 0. The quantitative estimate of drug-likeness (QED) is 0.800. The number of piperidine rings is 2. The Morgan fingerprint density at radius 1 is 1.14 bits per heavy atom. The lowest BCUT2D eigenvalue weighted by Gasteiger charge is -2.40. The van der Waals surface area contributed by atoms with Gasteiger partial charge in [-0.3, -0.25) is 4.79 Å². The Balaban J connectivity index is 2.17. The lowest BCUT2D eigenvalue weighted by molar-refractivity contribution is -0.142. The maximum atomic E-state index is 12.8. The fourth-order valence-corrected chi connectivity index (χ4v) is 5.02. The average Bonchev–Trinajstić information content (AvgIpc) is 2.47. The molecule has 122 valence electrons. The zero-order valence-corrected chi connectivity index (χ0v) is 13.5. The summed E-state index contributed by atoms with van der Waals surface area (Å²) in [6.07, 6.45) is 3.69. The Morgan fingerprint density at radius 3 is 2.48 bits per heavy atom. The lowest BCUT2D eigenvalue weighted by atomic mass is 10.1. The molecule has 1 N–H and O–H groups in total. The van der Waals surface area contributed by atoms with Crippen molar-refractivity contribution in [2.24, 2.45) is 0 Å². The van der Waals surface area contributed by atoms with Gasteiger partial charge in [0, 0.05) is 25.7 Å². The average molecular weight is 319 g/mol. The summed E-state index contributed by atoms with van der Waals surface area (Å²) in [5.41, 5.74) is 0. The largest absolute Gasteiger partial charge is 0.480 e. The highest BCUT2D eigenvalue weighted by Crippen LogP contribution is 2.25. The van der Waals surface area contributed by atoms with E-state index in [0.717, 1.165) is 25.7 Å². The summed E-state index contributed by atoms with van der Waals surface area (Å²) in [5.74, 6) is -1.04. The van der Waals surface area contributed by atoms with Gasteiger partial charge in [0.25, 0.3) is 10.2 Å². The summed E-state index contributed by atoms with van der Waals surface area (Å²) in [7, 11) is 0.206. The van der Waals surface area contributed by atoms with Gasteiger partial charge >= 0.3 is 5.97 Å². The first-order chi connectivity index (χ1) is 9.84. The van der Waals surface area contributed by atoms with Gasteiger partial charge in [0.2, 0.25) is 0 Å². The van der Waals surface area contributed by atoms with Gasteiger partial charge in [-0.25, -0.2) is 0 Å². The number of hydrogen-bond acceptors (Lipinski definition) is 4. The van der Waals surface area contributed by atoms with E-state index in [1.807, 2.05) is 19.0 Å². The predicted molar refractivity (Wildman–Crippen MR) is 79.2 cm³/mol. The number of carboxylic acids is 1. The van der Waals surface area contributed by atoms with E-state index in [0.29, 0.717) is 26.1 Å². The van der Waals surface area contributed by atoms with Crippen LogP contribution in [0, 0.1) is 0 Å². The molecule has 2 unspecified atom stereocenters. The molecule has 0 radical (unpaired) electrons. The molecular formula is C13H25N3O4S. The SMILES string of the molecule is CN(C)C1CCCN(S(=O)(=O)N2CCCCC2C(=O)O)C1. The van der Waals surface area contributed by atoms with Gasteiger partial charge in [-0.2, -0.15) is 17.0 Å². The molecule has 2 rings (SSSR count). The highest BCUT2D eigenvalue weighted by Gasteiger charge is 2.41. The number of nitrogens with zero attached hydrogens (tertiary/aromatic N) is 3. The molecule has 2 fully saturated rings. The molecule has 21 heavy (non-hydrogen) atoms. The summed E-state index contributed by atoms with van der Waals surface area (Å²) in [5, 5.41) is 9.28. The molecule has 2 atom stereocenters. The van der Waals surface area contributed by atoms with Gasteiger partial charge in [-0.15, -0.1) is 0 Å². The van der Waals surface area contributed by atoms with Crippen molar-refractivity contribution in [3.63, 3.8) is 0 Å². The minimum absolute atomic E-state index is 0.196. The number of rotatable bonds is 4. The van der Waals surface area contributed by atoms with Crippen LogP contribution >= 0.6 is 0 Å². The van der Waals surface area contributed by atoms with Crippen LogP contribution in [-0.4, -0.2) is 78.8 Å². The van der Waals surface area contributed by atoms with Crippen molar-refractivity contribution in [2.45, 2.75) is 44.2 Å². The summed E-state index contributed by atoms with van der Waals surface area (Å²) in [6, 6.07) is -0.718. The third-order valence-corrected chi connectivity index (χ3v) is 6.46. The Kier molecular flexibility index (Phi) is 5.24. The maximum absolute atomic E-state index is 12.8. The molecule has 2 aliphatic heterocycles. The van der Waals surface area contributed by atoms with Crippen molar-refractivity contribution in [3.8, 4) is 0 Å². The van der Waals surface area contributed by atoms with Crippen molar-refractivity contribution in [1.82, 2.24) is 13.5 Å². The van der Waals surface area contributed by atoms with Gasteiger partial charge in [0.1, 0.15) is 6.04 Å². The molecule has 0 aromatic carbocycles. The summed E-state index contributed by atoms with van der Waals surface area (Å²) < 4.78 is 28.2. The molecule has 2 aliphatic rings. The monoisotopic (exact) mass is 319 g/mol. The van der Waals surface area contributed by atoms with Crippen molar-refractivity contribution in [3.05, 3.63) is 0 Å². The van der Waals surface area contributed by atoms with Crippen molar-refractivity contribution < 1.29 is 18.3 Å². The normalized spacial score (nSPS) is 29.7. The first-order valence-electron chi connectivity index (χ1n) is 7.50. The molecule has 0 aromatic rings. The van der Waals surface area contributed by atoms with Gasteiger partial charge in [-0.05, 0) is 46.2 Å². The summed E-state index contributed by atoms with van der Waals surface area (Å²) in [6.45, 7) is 1.23. The lowest BCUT2D eigenvalue weighted by Crippen LogP contribution is -2.56. The van der Waals surface area contributed by atoms with E-state index in [-0.39, 0.29) is 6.04 Å². The molecular weight excluding hydrogens is 294 g/mol. The first-order valence-corrected chi connectivity index (χ1v) is 8.90. The molecule has 0 spiro atoms. The second-order valence-electron chi connectivity index (χ2n) is 6.09. The fraction of sp³-hybridized carbons (Fsp3) is 0.923. The molecule has 0 bridgehead atoms. The van der Waals surface area contributed by atoms with E-state index < -0.39 is 22.2 Å². The van der Waals surface area contributed by atoms with Crippen molar-refractivity contribution in [2.75, 3.05) is 33.7 Å². The van der Waals surface area contributed by atoms with Gasteiger partial charge in [0.05, 0.1) is 0 Å². The Hall–Kier alpha value is -0.700. The van der Waals surface area contributed by atoms with Crippen LogP contribution in [0.4, 0.5) is 0 Å². The van der Waals surface area contributed by atoms with Gasteiger partial charge in [-0.1, -0.05) is 0 Å². The predicted octanol–water partition coefficient (Wildman–Crippen LogP) is 0.196. The third-order valence-electron chi connectivity index (χ3n) is 4.45. The Labute approximate surface area is 126 Å². The molecule has 0 aromatic heterocycles. The molecule has 2 saturated heterocycles. The number of likely N-dealkylation sites (N-methyl/N-ethyl adjacent to an activating group) is 1. The Bertz CT molecular complexity index is 480. The van der Waals surface area contributed by atoms with Crippen LogP contribution in [0.25, 0.3) is 0 Å². The molecule has 0 amide bonds. The van der Waals surface area contributed by atoms with Crippen molar-refractivity contribution >= 4 is 16.2 Å². The van der Waals surface area contributed by atoms with E-state index in [4.69, 9.17) is 0 Å².